The highest BCUT2D eigenvalue weighted by molar-refractivity contribution is 6.22. The Labute approximate surface area is 210 Å². The van der Waals surface area contributed by atoms with Crippen LogP contribution >= 0.6 is 0 Å². The van der Waals surface area contributed by atoms with Crippen molar-refractivity contribution < 1.29 is 9.59 Å². The summed E-state index contributed by atoms with van der Waals surface area (Å²) in [7, 11) is 1.72. The van der Waals surface area contributed by atoms with Crippen LogP contribution in [-0.4, -0.2) is 23.3 Å². The van der Waals surface area contributed by atoms with E-state index in [1.54, 1.807) is 11.9 Å². The number of hydrogen-bond acceptors (Lipinski definition) is 4. The Morgan fingerprint density at radius 1 is 0.889 bits per heavy atom. The normalized spacial score (nSPS) is 22.7. The predicted octanol–water partition coefficient (Wildman–Crippen LogP) is 5.26. The van der Waals surface area contributed by atoms with E-state index in [9.17, 15) is 14.9 Å². The van der Waals surface area contributed by atoms with Crippen LogP contribution in [0.4, 0.5) is 11.4 Å². The van der Waals surface area contributed by atoms with Crippen molar-refractivity contribution in [1.29, 1.82) is 5.26 Å². The number of benzene rings is 2. The predicted molar refractivity (Wildman–Crippen MR) is 139 cm³/mol. The number of carbonyl (C=O) groups is 2. The summed E-state index contributed by atoms with van der Waals surface area (Å²) in [5, 5.41) is 10.8. The van der Waals surface area contributed by atoms with Crippen LogP contribution in [0, 0.1) is 16.7 Å². The van der Waals surface area contributed by atoms with E-state index < -0.39 is 5.41 Å². The second kappa shape index (κ2) is 7.56. The number of likely N-dealkylation sites (N-methyl/N-ethyl adjacent to an activating group) is 1. The SMILES string of the molecule is CN1C(=O)C2(C(C#N)=C(n3cccc3)N(c3ccccc3)C3=C2C(=O)CC(C)(C)C3)c2ccccc21. The van der Waals surface area contributed by atoms with Crippen molar-refractivity contribution >= 4 is 28.9 Å². The van der Waals surface area contributed by atoms with Crippen molar-refractivity contribution in [2.45, 2.75) is 32.1 Å². The van der Waals surface area contributed by atoms with Gasteiger partial charge in [-0.05, 0) is 42.2 Å². The van der Waals surface area contributed by atoms with Gasteiger partial charge in [0.2, 0.25) is 5.91 Å². The summed E-state index contributed by atoms with van der Waals surface area (Å²) >= 11 is 0. The van der Waals surface area contributed by atoms with Gasteiger partial charge >= 0.3 is 0 Å². The fourth-order valence-electron chi connectivity index (χ4n) is 6.19. The van der Waals surface area contributed by atoms with Gasteiger partial charge in [-0.2, -0.15) is 5.26 Å². The maximum Gasteiger partial charge on any atom is 0.247 e. The molecule has 0 radical (unpaired) electrons. The number of nitrogens with zero attached hydrogens (tertiary/aromatic N) is 4. The van der Waals surface area contributed by atoms with E-state index in [2.05, 4.69) is 19.9 Å². The Kier molecular flexibility index (Phi) is 4.65. The van der Waals surface area contributed by atoms with Crippen molar-refractivity contribution in [3.05, 3.63) is 102 Å². The van der Waals surface area contributed by atoms with Crippen molar-refractivity contribution in [2.75, 3.05) is 16.8 Å². The summed E-state index contributed by atoms with van der Waals surface area (Å²) in [6, 6.07) is 23.5. The minimum Gasteiger partial charge on any atom is -0.314 e. The molecule has 1 amide bonds. The first-order valence-electron chi connectivity index (χ1n) is 12.1. The molecule has 0 fully saturated rings. The van der Waals surface area contributed by atoms with E-state index in [4.69, 9.17) is 0 Å². The van der Waals surface area contributed by atoms with E-state index in [1.807, 2.05) is 88.6 Å². The summed E-state index contributed by atoms with van der Waals surface area (Å²) in [4.78, 5) is 32.1. The number of hydrogen-bond donors (Lipinski definition) is 0. The number of allylic oxidation sites excluding steroid dienone is 1. The Hall–Kier alpha value is -4.37. The van der Waals surface area contributed by atoms with Crippen molar-refractivity contribution in [2.24, 2.45) is 5.41 Å². The van der Waals surface area contributed by atoms with Gasteiger partial charge in [0.1, 0.15) is 17.3 Å². The lowest BCUT2D eigenvalue weighted by atomic mass is 9.60. The van der Waals surface area contributed by atoms with Gasteiger partial charge in [0.25, 0.3) is 0 Å². The molecule has 3 aliphatic rings. The second-order valence-electron chi connectivity index (χ2n) is 10.5. The van der Waals surface area contributed by atoms with Crippen molar-refractivity contribution in [3.8, 4) is 6.07 Å². The molecule has 6 nitrogen and oxygen atoms in total. The minimum absolute atomic E-state index is 0.0834. The lowest BCUT2D eigenvalue weighted by Gasteiger charge is -2.47. The molecule has 1 atom stereocenters. The number of ketones is 1. The number of nitriles is 1. The van der Waals surface area contributed by atoms with E-state index >= 15 is 0 Å². The quantitative estimate of drug-likeness (QED) is 0.508. The van der Waals surface area contributed by atoms with Crippen LogP contribution in [0.25, 0.3) is 5.82 Å². The number of aromatic nitrogens is 1. The number of anilines is 2. The maximum absolute atomic E-state index is 14.4. The molecular formula is C30H26N4O2. The van der Waals surface area contributed by atoms with E-state index in [0.29, 0.717) is 29.8 Å². The zero-order valence-corrected chi connectivity index (χ0v) is 20.5. The molecule has 3 aromatic rings. The van der Waals surface area contributed by atoms with Crippen LogP contribution in [0.3, 0.4) is 0 Å². The largest absolute Gasteiger partial charge is 0.314 e. The fraction of sp³-hybridized carbons (Fsp3) is 0.233. The Balaban J connectivity index is 1.81. The molecule has 178 valence electrons. The van der Waals surface area contributed by atoms with Crippen LogP contribution in [0.15, 0.2) is 96.0 Å². The first-order valence-corrected chi connectivity index (χ1v) is 12.1. The Morgan fingerprint density at radius 3 is 2.25 bits per heavy atom. The van der Waals surface area contributed by atoms with E-state index in [0.717, 1.165) is 17.1 Å². The molecule has 1 unspecified atom stereocenters. The third-order valence-electron chi connectivity index (χ3n) is 7.58. The highest BCUT2D eigenvalue weighted by atomic mass is 16.2. The molecule has 1 aliphatic carbocycles. The van der Waals surface area contributed by atoms with Gasteiger partial charge in [-0.1, -0.05) is 50.2 Å². The summed E-state index contributed by atoms with van der Waals surface area (Å²) in [5.41, 5.74) is 1.93. The molecule has 2 aromatic carbocycles. The van der Waals surface area contributed by atoms with Gasteiger partial charge in [-0.25, -0.2) is 0 Å². The van der Waals surface area contributed by atoms with E-state index in [1.165, 1.54) is 0 Å². The Bertz CT molecular complexity index is 1520. The summed E-state index contributed by atoms with van der Waals surface area (Å²) in [5.74, 6) is 0.231. The monoisotopic (exact) mass is 474 g/mol. The molecular weight excluding hydrogens is 448 g/mol. The van der Waals surface area contributed by atoms with Crippen molar-refractivity contribution in [3.63, 3.8) is 0 Å². The zero-order chi connectivity index (χ0) is 25.2. The smallest absolute Gasteiger partial charge is 0.247 e. The Morgan fingerprint density at radius 2 is 1.56 bits per heavy atom. The average Bonchev–Trinajstić information content (AvgIpc) is 3.47. The lowest BCUT2D eigenvalue weighted by molar-refractivity contribution is -0.124. The van der Waals surface area contributed by atoms with E-state index in [-0.39, 0.29) is 22.7 Å². The van der Waals surface area contributed by atoms with Crippen LogP contribution in [0.1, 0.15) is 32.3 Å². The molecule has 36 heavy (non-hydrogen) atoms. The molecule has 1 spiro atoms. The van der Waals surface area contributed by atoms with Gasteiger partial charge in [-0.3, -0.25) is 14.5 Å². The molecule has 2 aliphatic heterocycles. The van der Waals surface area contributed by atoms with Gasteiger partial charge in [0, 0.05) is 54.1 Å². The molecule has 0 N–H and O–H groups in total. The highest BCUT2D eigenvalue weighted by Crippen LogP contribution is 2.59. The first kappa shape index (κ1) is 22.1. The van der Waals surface area contributed by atoms with Crippen LogP contribution in [-0.2, 0) is 15.0 Å². The fourth-order valence-corrected chi connectivity index (χ4v) is 6.19. The molecule has 0 saturated carbocycles. The molecule has 0 bridgehead atoms. The lowest BCUT2D eigenvalue weighted by Crippen LogP contribution is -2.52. The van der Waals surface area contributed by atoms with Gasteiger partial charge in [0.15, 0.2) is 5.78 Å². The van der Waals surface area contributed by atoms with Gasteiger partial charge in [-0.15, -0.1) is 0 Å². The first-order chi connectivity index (χ1) is 17.3. The third-order valence-corrected chi connectivity index (χ3v) is 7.58. The molecule has 3 heterocycles. The number of Topliss-reactive ketones (excluding diaryl/α,β-unsaturated/α-hetero) is 1. The minimum atomic E-state index is -1.49. The van der Waals surface area contributed by atoms with Gasteiger partial charge in [0.05, 0.1) is 5.57 Å². The number of rotatable bonds is 2. The standard InChI is InChI=1S/C30H26N4O2/c1-29(2)17-24-26(25(35)18-29)30(21-13-7-8-14-23(21)32(3)28(30)36)22(19-31)27(33-15-9-10-16-33)34(24)20-11-5-4-6-12-20/h4-16H,17-18H2,1-3H3. The molecule has 0 saturated heterocycles. The maximum atomic E-state index is 14.4. The third kappa shape index (κ3) is 2.77. The average molecular weight is 475 g/mol. The molecule has 6 heteroatoms. The number of fused-ring (bicyclic) bond motifs is 3. The molecule has 1 aromatic heterocycles. The number of para-hydroxylation sites is 2. The zero-order valence-electron chi connectivity index (χ0n) is 20.5. The summed E-state index contributed by atoms with van der Waals surface area (Å²) in [6.45, 7) is 4.17. The van der Waals surface area contributed by atoms with Crippen LogP contribution < -0.4 is 9.80 Å². The molecule has 6 rings (SSSR count). The van der Waals surface area contributed by atoms with Crippen molar-refractivity contribution in [1.82, 2.24) is 4.57 Å². The van der Waals surface area contributed by atoms with Crippen LogP contribution in [0.2, 0.25) is 0 Å². The van der Waals surface area contributed by atoms with Gasteiger partial charge < -0.3 is 9.47 Å². The summed E-state index contributed by atoms with van der Waals surface area (Å²) in [6.07, 6.45) is 4.67. The number of amides is 1. The van der Waals surface area contributed by atoms with Crippen LogP contribution in [0.5, 0.6) is 0 Å². The highest BCUT2D eigenvalue weighted by Gasteiger charge is 2.63. The second-order valence-corrected chi connectivity index (χ2v) is 10.5. The summed E-state index contributed by atoms with van der Waals surface area (Å²) < 4.78 is 1.89. The number of carbonyl (C=O) groups excluding carboxylic acids is 2. The topological polar surface area (TPSA) is 69.3 Å².